The number of aromatic nitrogens is 4. The van der Waals surface area contributed by atoms with Crippen LogP contribution in [0.4, 0.5) is 4.79 Å². The van der Waals surface area contributed by atoms with Crippen molar-refractivity contribution in [3.63, 3.8) is 0 Å². The summed E-state index contributed by atoms with van der Waals surface area (Å²) in [5, 5.41) is 3.02. The first-order valence-corrected chi connectivity index (χ1v) is 10.0. The van der Waals surface area contributed by atoms with Gasteiger partial charge < -0.3 is 15.0 Å². The van der Waals surface area contributed by atoms with Crippen LogP contribution in [0.5, 0.6) is 0 Å². The monoisotopic (exact) mass is 389 g/mol. The summed E-state index contributed by atoms with van der Waals surface area (Å²) in [7, 11) is 0. The Morgan fingerprint density at radius 1 is 1.10 bits per heavy atom. The van der Waals surface area contributed by atoms with Crippen molar-refractivity contribution in [2.24, 2.45) is 0 Å². The topological polar surface area (TPSA) is 84.3 Å². The van der Waals surface area contributed by atoms with Crippen LogP contribution in [0.3, 0.4) is 0 Å². The lowest BCUT2D eigenvalue weighted by atomic mass is 9.84. The predicted molar refractivity (Wildman–Crippen MR) is 110 cm³/mol. The van der Waals surface area contributed by atoms with Gasteiger partial charge in [-0.15, -0.1) is 0 Å². The third-order valence-corrected chi connectivity index (χ3v) is 5.75. The quantitative estimate of drug-likeness (QED) is 0.549. The number of fused-ring (bicyclic) bond motifs is 3. The maximum atomic E-state index is 12.1. The number of benzene rings is 1. The molecule has 1 aliphatic carbocycles. The molecule has 0 aliphatic heterocycles. The summed E-state index contributed by atoms with van der Waals surface area (Å²) in [6, 6.07) is 11.9. The molecule has 7 heteroatoms. The van der Waals surface area contributed by atoms with Gasteiger partial charge in [-0.3, -0.25) is 4.40 Å². The Bertz CT molecular complexity index is 1130. The molecule has 1 aliphatic rings. The molecule has 1 fully saturated rings. The molecule has 148 valence electrons. The molecule has 1 amide bonds. The SMILES string of the molecule is O=C(NC1CCC(c2cnc3cnc4[nH]ccc4n23)CC1)OCc1ccccc1. The first kappa shape index (κ1) is 17.7. The number of carbonyl (C=O) groups excluding carboxylic acids is 1. The van der Waals surface area contributed by atoms with E-state index in [-0.39, 0.29) is 12.1 Å². The minimum Gasteiger partial charge on any atom is -0.445 e. The fraction of sp³-hybridized carbons (Fsp3) is 0.318. The van der Waals surface area contributed by atoms with Crippen molar-refractivity contribution in [3.8, 4) is 0 Å². The molecule has 3 aromatic heterocycles. The summed E-state index contributed by atoms with van der Waals surface area (Å²) in [6.07, 6.45) is 9.21. The van der Waals surface area contributed by atoms with Gasteiger partial charge in [0, 0.05) is 30.0 Å². The molecule has 0 spiro atoms. The molecule has 3 heterocycles. The normalized spacial score (nSPS) is 19.4. The molecule has 5 rings (SSSR count). The smallest absolute Gasteiger partial charge is 0.407 e. The van der Waals surface area contributed by atoms with Gasteiger partial charge in [0.15, 0.2) is 11.3 Å². The predicted octanol–water partition coefficient (Wildman–Crippen LogP) is 4.16. The van der Waals surface area contributed by atoms with E-state index in [1.165, 1.54) is 5.69 Å². The Balaban J connectivity index is 1.20. The third-order valence-electron chi connectivity index (χ3n) is 5.75. The molecule has 29 heavy (non-hydrogen) atoms. The summed E-state index contributed by atoms with van der Waals surface area (Å²) >= 11 is 0. The van der Waals surface area contributed by atoms with Gasteiger partial charge in [-0.1, -0.05) is 30.3 Å². The average Bonchev–Trinajstić information content (AvgIpc) is 3.40. The molecular weight excluding hydrogens is 366 g/mol. The van der Waals surface area contributed by atoms with E-state index in [9.17, 15) is 4.79 Å². The maximum absolute atomic E-state index is 12.1. The number of nitrogens with zero attached hydrogens (tertiary/aromatic N) is 3. The fourth-order valence-corrected chi connectivity index (χ4v) is 4.25. The number of aromatic amines is 1. The van der Waals surface area contributed by atoms with Crippen LogP contribution in [0.2, 0.25) is 0 Å². The summed E-state index contributed by atoms with van der Waals surface area (Å²) in [6.45, 7) is 0.296. The van der Waals surface area contributed by atoms with Crippen LogP contribution in [-0.2, 0) is 11.3 Å². The molecular formula is C22H23N5O2. The Morgan fingerprint density at radius 3 is 2.76 bits per heavy atom. The summed E-state index contributed by atoms with van der Waals surface area (Å²) < 4.78 is 7.55. The molecule has 0 atom stereocenters. The number of imidazole rings is 1. The van der Waals surface area contributed by atoms with Gasteiger partial charge >= 0.3 is 6.09 Å². The Morgan fingerprint density at radius 2 is 1.93 bits per heavy atom. The van der Waals surface area contributed by atoms with Crippen molar-refractivity contribution >= 4 is 22.9 Å². The number of rotatable bonds is 4. The van der Waals surface area contributed by atoms with E-state index in [0.29, 0.717) is 12.5 Å². The van der Waals surface area contributed by atoms with Crippen LogP contribution in [-0.4, -0.2) is 31.5 Å². The number of alkyl carbamates (subject to hydrolysis) is 1. The van der Waals surface area contributed by atoms with Crippen molar-refractivity contribution in [2.75, 3.05) is 0 Å². The molecule has 7 nitrogen and oxygen atoms in total. The largest absolute Gasteiger partial charge is 0.445 e. The molecule has 1 aromatic carbocycles. The molecule has 0 unspecified atom stereocenters. The van der Waals surface area contributed by atoms with Gasteiger partial charge in [0.25, 0.3) is 0 Å². The number of carbonyl (C=O) groups is 1. The zero-order valence-electron chi connectivity index (χ0n) is 16.0. The highest BCUT2D eigenvalue weighted by Gasteiger charge is 2.26. The van der Waals surface area contributed by atoms with E-state index in [4.69, 9.17) is 4.74 Å². The van der Waals surface area contributed by atoms with Crippen LogP contribution < -0.4 is 5.32 Å². The van der Waals surface area contributed by atoms with Crippen molar-refractivity contribution in [3.05, 3.63) is 66.2 Å². The number of ether oxygens (including phenoxy) is 1. The van der Waals surface area contributed by atoms with Crippen molar-refractivity contribution < 1.29 is 9.53 Å². The van der Waals surface area contributed by atoms with Gasteiger partial charge in [-0.2, -0.15) is 0 Å². The fourth-order valence-electron chi connectivity index (χ4n) is 4.25. The van der Waals surface area contributed by atoms with E-state index >= 15 is 0 Å². The van der Waals surface area contributed by atoms with Crippen LogP contribution in [0.15, 0.2) is 55.0 Å². The number of H-pyrrole nitrogens is 1. The average molecular weight is 389 g/mol. The molecule has 1 saturated carbocycles. The molecule has 4 aromatic rings. The second-order valence-corrected chi connectivity index (χ2v) is 7.60. The Hall–Kier alpha value is -3.35. The van der Waals surface area contributed by atoms with Gasteiger partial charge in [-0.25, -0.2) is 14.8 Å². The van der Waals surface area contributed by atoms with E-state index in [1.807, 2.05) is 48.8 Å². The Labute approximate surface area is 168 Å². The first-order valence-electron chi connectivity index (χ1n) is 10.0. The van der Waals surface area contributed by atoms with Crippen molar-refractivity contribution in [1.29, 1.82) is 0 Å². The minimum absolute atomic E-state index is 0.155. The lowest BCUT2D eigenvalue weighted by molar-refractivity contribution is 0.132. The second kappa shape index (κ2) is 7.58. The highest BCUT2D eigenvalue weighted by atomic mass is 16.5. The number of hydrogen-bond acceptors (Lipinski definition) is 4. The van der Waals surface area contributed by atoms with Gasteiger partial charge in [0.2, 0.25) is 0 Å². The zero-order valence-corrected chi connectivity index (χ0v) is 16.0. The van der Waals surface area contributed by atoms with Gasteiger partial charge in [-0.05, 0) is 37.3 Å². The van der Waals surface area contributed by atoms with Crippen LogP contribution in [0.25, 0.3) is 16.8 Å². The van der Waals surface area contributed by atoms with Crippen LogP contribution in [0, 0.1) is 0 Å². The van der Waals surface area contributed by atoms with Gasteiger partial charge in [0.05, 0.1) is 11.7 Å². The number of nitrogens with one attached hydrogen (secondary N) is 2. The minimum atomic E-state index is -0.341. The molecule has 0 bridgehead atoms. The summed E-state index contributed by atoms with van der Waals surface area (Å²) in [4.78, 5) is 24.2. The lowest BCUT2D eigenvalue weighted by Gasteiger charge is -2.28. The third kappa shape index (κ3) is 3.55. The molecule has 0 saturated heterocycles. The van der Waals surface area contributed by atoms with Crippen molar-refractivity contribution in [2.45, 2.75) is 44.2 Å². The molecule has 0 radical (unpaired) electrons. The van der Waals surface area contributed by atoms with Gasteiger partial charge in [0.1, 0.15) is 6.61 Å². The van der Waals surface area contributed by atoms with E-state index in [0.717, 1.165) is 48.1 Å². The van der Waals surface area contributed by atoms with Crippen molar-refractivity contribution in [1.82, 2.24) is 24.7 Å². The maximum Gasteiger partial charge on any atom is 0.407 e. The van der Waals surface area contributed by atoms with E-state index in [1.54, 1.807) is 6.20 Å². The lowest BCUT2D eigenvalue weighted by Crippen LogP contribution is -2.37. The highest BCUT2D eigenvalue weighted by Crippen LogP contribution is 2.34. The zero-order chi connectivity index (χ0) is 19.6. The Kier molecular flexibility index (Phi) is 4.63. The molecule has 2 N–H and O–H groups in total. The standard InChI is InChI=1S/C22H23N5O2/c28-22(29-14-15-4-2-1-3-5-15)26-17-8-6-16(7-9-17)19-12-24-20-13-25-21-18(27(19)20)10-11-23-21/h1-5,10-13,16-17,23H,6-9,14H2,(H,26,28). The summed E-state index contributed by atoms with van der Waals surface area (Å²) in [5.41, 5.74) is 5.01. The summed E-state index contributed by atoms with van der Waals surface area (Å²) in [5.74, 6) is 0.420. The van der Waals surface area contributed by atoms with E-state index in [2.05, 4.69) is 24.7 Å². The first-order chi connectivity index (χ1) is 14.3. The van der Waals surface area contributed by atoms with E-state index < -0.39 is 0 Å². The second-order valence-electron chi connectivity index (χ2n) is 7.60. The number of amides is 1. The van der Waals surface area contributed by atoms with Crippen LogP contribution in [0.1, 0.15) is 42.9 Å². The highest BCUT2D eigenvalue weighted by molar-refractivity contribution is 5.74. The van der Waals surface area contributed by atoms with Crippen LogP contribution >= 0.6 is 0 Å². The number of hydrogen-bond donors (Lipinski definition) is 2.